The molecule has 0 spiro atoms. The van der Waals surface area contributed by atoms with E-state index in [2.05, 4.69) is 10.5 Å². The zero-order valence-corrected chi connectivity index (χ0v) is 16.3. The van der Waals surface area contributed by atoms with Gasteiger partial charge in [0, 0.05) is 30.3 Å². The molecule has 8 heteroatoms. The van der Waals surface area contributed by atoms with Gasteiger partial charge in [-0.1, -0.05) is 17.3 Å². The summed E-state index contributed by atoms with van der Waals surface area (Å²) < 4.78 is 23.7. The fraction of sp³-hybridized carbons (Fsp3) is 0.227. The molecule has 1 N–H and O–H groups in total. The van der Waals surface area contributed by atoms with Gasteiger partial charge in [-0.15, -0.1) is 0 Å². The van der Waals surface area contributed by atoms with E-state index in [0.29, 0.717) is 22.9 Å². The molecule has 7 nitrogen and oxygen atoms in total. The van der Waals surface area contributed by atoms with E-state index in [1.54, 1.807) is 13.2 Å². The van der Waals surface area contributed by atoms with Crippen LogP contribution < -0.4 is 15.0 Å². The van der Waals surface area contributed by atoms with Crippen LogP contribution >= 0.6 is 0 Å². The van der Waals surface area contributed by atoms with Gasteiger partial charge in [-0.25, -0.2) is 4.39 Å². The molecule has 154 valence electrons. The van der Waals surface area contributed by atoms with Crippen molar-refractivity contribution in [1.82, 2.24) is 10.5 Å². The number of methoxy groups -OCH3 is 1. The zero-order chi connectivity index (χ0) is 21.1. The molecule has 0 unspecified atom stereocenters. The van der Waals surface area contributed by atoms with Crippen molar-refractivity contribution >= 4 is 17.5 Å². The molecule has 1 aromatic heterocycles. The van der Waals surface area contributed by atoms with Gasteiger partial charge in [0.1, 0.15) is 17.3 Å². The van der Waals surface area contributed by atoms with Gasteiger partial charge in [0.2, 0.25) is 11.8 Å². The number of halogens is 1. The van der Waals surface area contributed by atoms with Crippen molar-refractivity contribution in [2.45, 2.75) is 13.0 Å². The first-order valence-corrected chi connectivity index (χ1v) is 9.47. The number of aromatic nitrogens is 1. The van der Waals surface area contributed by atoms with Crippen LogP contribution in [0, 0.1) is 11.7 Å². The predicted molar refractivity (Wildman–Crippen MR) is 107 cm³/mol. The molecule has 1 aliphatic heterocycles. The molecule has 30 heavy (non-hydrogen) atoms. The standard InChI is InChI=1S/C22H20FN3O4/c1-29-19-4-2-3-14(9-19)20-11-17(25-30-20)12-24-22(28)15-10-21(27)26(13-15)18-7-5-16(23)6-8-18/h2-9,11,15H,10,12-13H2,1H3,(H,24,28)/t15-/m0/s1. The molecule has 1 aliphatic rings. The summed E-state index contributed by atoms with van der Waals surface area (Å²) in [6.45, 7) is 0.442. The Morgan fingerprint density at radius 1 is 1.27 bits per heavy atom. The highest BCUT2D eigenvalue weighted by molar-refractivity contribution is 6.00. The molecule has 2 aromatic carbocycles. The second-order valence-electron chi connectivity index (χ2n) is 7.01. The van der Waals surface area contributed by atoms with Crippen LogP contribution in [0.3, 0.4) is 0 Å². The van der Waals surface area contributed by atoms with E-state index in [1.807, 2.05) is 24.3 Å². The quantitative estimate of drug-likeness (QED) is 0.676. The highest BCUT2D eigenvalue weighted by Crippen LogP contribution is 2.26. The van der Waals surface area contributed by atoms with Crippen molar-refractivity contribution in [2.24, 2.45) is 5.92 Å². The number of ether oxygens (including phenoxy) is 1. The van der Waals surface area contributed by atoms with Gasteiger partial charge >= 0.3 is 0 Å². The van der Waals surface area contributed by atoms with Gasteiger partial charge in [0.05, 0.1) is 19.6 Å². The fourth-order valence-electron chi connectivity index (χ4n) is 3.38. The molecule has 3 aromatic rings. The van der Waals surface area contributed by atoms with Gasteiger partial charge in [-0.3, -0.25) is 9.59 Å². The number of carbonyl (C=O) groups is 2. The summed E-state index contributed by atoms with van der Waals surface area (Å²) >= 11 is 0. The molecule has 0 bridgehead atoms. The summed E-state index contributed by atoms with van der Waals surface area (Å²) in [5, 5.41) is 6.79. The van der Waals surface area contributed by atoms with Crippen molar-refractivity contribution in [3.8, 4) is 17.1 Å². The van der Waals surface area contributed by atoms with Crippen LogP contribution in [0.1, 0.15) is 12.1 Å². The molecular weight excluding hydrogens is 389 g/mol. The third kappa shape index (κ3) is 4.17. The first-order valence-electron chi connectivity index (χ1n) is 9.47. The minimum absolute atomic E-state index is 0.108. The number of hydrogen-bond acceptors (Lipinski definition) is 5. The van der Waals surface area contributed by atoms with Gasteiger partial charge < -0.3 is 19.5 Å². The van der Waals surface area contributed by atoms with Crippen molar-refractivity contribution in [2.75, 3.05) is 18.6 Å². The molecule has 2 amide bonds. The Morgan fingerprint density at radius 3 is 2.83 bits per heavy atom. The van der Waals surface area contributed by atoms with Crippen molar-refractivity contribution < 1.29 is 23.2 Å². The first kappa shape index (κ1) is 19.6. The molecule has 0 saturated carbocycles. The second kappa shape index (κ2) is 8.36. The lowest BCUT2D eigenvalue weighted by atomic mass is 10.1. The SMILES string of the molecule is COc1cccc(-c2cc(CNC(=O)[C@H]3CC(=O)N(c4ccc(F)cc4)C3)no2)c1. The summed E-state index contributed by atoms with van der Waals surface area (Å²) in [5.41, 5.74) is 1.97. The molecule has 0 aliphatic carbocycles. The highest BCUT2D eigenvalue weighted by Gasteiger charge is 2.35. The highest BCUT2D eigenvalue weighted by atomic mass is 19.1. The van der Waals surface area contributed by atoms with Gasteiger partial charge in [0.15, 0.2) is 5.76 Å². The number of nitrogens with zero attached hydrogens (tertiary/aromatic N) is 2. The average molecular weight is 409 g/mol. The number of carbonyl (C=O) groups excluding carboxylic acids is 2. The van der Waals surface area contributed by atoms with Crippen LogP contribution in [0.2, 0.25) is 0 Å². The van der Waals surface area contributed by atoms with Crippen molar-refractivity contribution in [1.29, 1.82) is 0 Å². The second-order valence-corrected chi connectivity index (χ2v) is 7.01. The number of nitrogens with one attached hydrogen (secondary N) is 1. The minimum atomic E-state index is -0.479. The normalized spacial score (nSPS) is 16.0. The molecule has 4 rings (SSSR count). The zero-order valence-electron chi connectivity index (χ0n) is 16.3. The van der Waals surface area contributed by atoms with E-state index >= 15 is 0 Å². The number of rotatable bonds is 6. The number of amides is 2. The summed E-state index contributed by atoms with van der Waals surface area (Å²) in [6, 6.07) is 14.8. The number of hydrogen-bond donors (Lipinski definition) is 1. The number of anilines is 1. The van der Waals surface area contributed by atoms with E-state index in [-0.39, 0.29) is 37.1 Å². The summed E-state index contributed by atoms with van der Waals surface area (Å²) in [5.74, 6) is 0.0161. The first-order chi connectivity index (χ1) is 14.5. The predicted octanol–water partition coefficient (Wildman–Crippen LogP) is 3.16. The van der Waals surface area contributed by atoms with Gasteiger partial charge in [-0.05, 0) is 36.4 Å². The summed E-state index contributed by atoms with van der Waals surface area (Å²) in [6.07, 6.45) is 0.108. The Labute approximate surface area is 172 Å². The lowest BCUT2D eigenvalue weighted by Gasteiger charge is -2.16. The lowest BCUT2D eigenvalue weighted by molar-refractivity contribution is -0.126. The summed E-state index contributed by atoms with van der Waals surface area (Å²) in [4.78, 5) is 26.3. The Balaban J connectivity index is 1.35. The molecule has 1 saturated heterocycles. The maximum Gasteiger partial charge on any atom is 0.227 e. The van der Waals surface area contributed by atoms with Crippen LogP contribution in [-0.2, 0) is 16.1 Å². The number of benzene rings is 2. The van der Waals surface area contributed by atoms with Crippen LogP contribution in [0.15, 0.2) is 59.1 Å². The molecule has 1 fully saturated rings. The maximum atomic E-state index is 13.1. The average Bonchev–Trinajstić information content (AvgIpc) is 3.40. The Morgan fingerprint density at radius 2 is 2.07 bits per heavy atom. The van der Waals surface area contributed by atoms with Crippen LogP contribution in [0.25, 0.3) is 11.3 Å². The fourth-order valence-corrected chi connectivity index (χ4v) is 3.38. The lowest BCUT2D eigenvalue weighted by Crippen LogP contribution is -2.32. The maximum absolute atomic E-state index is 13.1. The minimum Gasteiger partial charge on any atom is -0.497 e. The summed E-state index contributed by atoms with van der Waals surface area (Å²) in [7, 11) is 1.59. The smallest absolute Gasteiger partial charge is 0.227 e. The van der Waals surface area contributed by atoms with Crippen LogP contribution in [0.4, 0.5) is 10.1 Å². The van der Waals surface area contributed by atoms with E-state index in [9.17, 15) is 14.0 Å². The van der Waals surface area contributed by atoms with Crippen molar-refractivity contribution in [3.63, 3.8) is 0 Å². The Kier molecular flexibility index (Phi) is 5.47. The van der Waals surface area contributed by atoms with Crippen LogP contribution in [-0.4, -0.2) is 30.6 Å². The molecule has 1 atom stereocenters. The molecular formula is C22H20FN3O4. The van der Waals surface area contributed by atoms with Gasteiger partial charge in [-0.2, -0.15) is 0 Å². The third-order valence-corrected chi connectivity index (χ3v) is 4.99. The third-order valence-electron chi connectivity index (χ3n) is 4.99. The monoisotopic (exact) mass is 409 g/mol. The van der Waals surface area contributed by atoms with Crippen LogP contribution in [0.5, 0.6) is 5.75 Å². The topological polar surface area (TPSA) is 84.7 Å². The van der Waals surface area contributed by atoms with Crippen molar-refractivity contribution in [3.05, 3.63) is 66.1 Å². The molecule has 0 radical (unpaired) electrons. The Bertz CT molecular complexity index is 1060. The van der Waals surface area contributed by atoms with E-state index in [4.69, 9.17) is 9.26 Å². The van der Waals surface area contributed by atoms with E-state index in [0.717, 1.165) is 5.56 Å². The largest absolute Gasteiger partial charge is 0.497 e. The van der Waals surface area contributed by atoms with Gasteiger partial charge in [0.25, 0.3) is 0 Å². The van der Waals surface area contributed by atoms with E-state index < -0.39 is 5.92 Å². The van der Waals surface area contributed by atoms with E-state index in [1.165, 1.54) is 29.2 Å². The molecule has 2 heterocycles. The Hall–Kier alpha value is -3.68.